The third-order valence-electron chi connectivity index (χ3n) is 5.60. The molecule has 3 aromatic rings. The number of benzene rings is 3. The van der Waals surface area contributed by atoms with Crippen LogP contribution in [0.15, 0.2) is 78.9 Å². The van der Waals surface area contributed by atoms with E-state index >= 15 is 0 Å². The normalized spacial score (nSPS) is 13.9. The quantitative estimate of drug-likeness (QED) is 0.441. The van der Waals surface area contributed by atoms with Gasteiger partial charge in [-0.05, 0) is 28.8 Å². The fourth-order valence-corrected chi connectivity index (χ4v) is 4.06. The zero-order valence-electron chi connectivity index (χ0n) is 19.2. The van der Waals surface area contributed by atoms with E-state index in [1.165, 1.54) is 14.0 Å². The molecular formula is C27H27NO6. The molecule has 0 saturated heterocycles. The molecule has 0 aromatic heterocycles. The number of carbonyl (C=O) groups excluding carboxylic acids is 2. The molecule has 34 heavy (non-hydrogen) atoms. The van der Waals surface area contributed by atoms with Gasteiger partial charge in [0, 0.05) is 20.0 Å². The van der Waals surface area contributed by atoms with Crippen LogP contribution >= 0.6 is 0 Å². The molecule has 3 aromatic carbocycles. The van der Waals surface area contributed by atoms with E-state index < -0.39 is 24.1 Å². The highest BCUT2D eigenvalue weighted by atomic mass is 16.7. The number of fused-ring (bicyclic) bond motifs is 1. The Bertz CT molecular complexity index is 1080. The van der Waals surface area contributed by atoms with E-state index in [0.717, 1.165) is 11.1 Å². The van der Waals surface area contributed by atoms with Crippen molar-refractivity contribution in [3.05, 3.63) is 95.6 Å². The average molecular weight is 462 g/mol. The van der Waals surface area contributed by atoms with Gasteiger partial charge in [-0.3, -0.25) is 14.5 Å². The predicted octanol–water partition coefficient (Wildman–Crippen LogP) is 4.26. The van der Waals surface area contributed by atoms with Crippen LogP contribution in [-0.2, 0) is 32.2 Å². The van der Waals surface area contributed by atoms with E-state index in [0.29, 0.717) is 30.2 Å². The number of methoxy groups -OCH3 is 1. The maximum absolute atomic E-state index is 13.3. The summed E-state index contributed by atoms with van der Waals surface area (Å²) in [4.78, 5) is 27.4. The minimum atomic E-state index is -0.924. The van der Waals surface area contributed by atoms with Gasteiger partial charge in [-0.1, -0.05) is 66.7 Å². The van der Waals surface area contributed by atoms with Crippen LogP contribution in [0.5, 0.6) is 11.5 Å². The predicted molar refractivity (Wildman–Crippen MR) is 125 cm³/mol. The molecule has 1 heterocycles. The van der Waals surface area contributed by atoms with Crippen molar-refractivity contribution in [2.75, 3.05) is 13.9 Å². The third kappa shape index (κ3) is 5.55. The van der Waals surface area contributed by atoms with Gasteiger partial charge < -0.3 is 18.9 Å². The summed E-state index contributed by atoms with van der Waals surface area (Å²) in [5.74, 6) is 0.132. The lowest BCUT2D eigenvalue weighted by atomic mass is 9.98. The number of ether oxygens (including phenoxy) is 4. The molecule has 0 bridgehead atoms. The highest BCUT2D eigenvalue weighted by Crippen LogP contribution is 2.37. The van der Waals surface area contributed by atoms with E-state index in [-0.39, 0.29) is 6.79 Å². The summed E-state index contributed by atoms with van der Waals surface area (Å²) in [6.45, 7) is 2.33. The molecule has 4 rings (SSSR count). The van der Waals surface area contributed by atoms with Crippen LogP contribution in [0.25, 0.3) is 0 Å². The van der Waals surface area contributed by atoms with E-state index in [1.54, 1.807) is 18.2 Å². The Morgan fingerprint density at radius 1 is 0.882 bits per heavy atom. The number of hydrogen-bond donors (Lipinski definition) is 0. The van der Waals surface area contributed by atoms with Gasteiger partial charge in [0.25, 0.3) is 0 Å². The van der Waals surface area contributed by atoms with Crippen molar-refractivity contribution in [2.24, 2.45) is 0 Å². The fraction of sp³-hybridized carbons (Fsp3) is 0.259. The molecule has 0 fully saturated rings. The second-order valence-corrected chi connectivity index (χ2v) is 7.99. The standard InChI is InChI=1S/C27H27NO6/c1-19(29)34-26(22-13-14-23-24(15-22)33-18-32-23)25(27(30)31-2)28(16-20-9-5-3-6-10-20)17-21-11-7-4-8-12-21/h3-15,25-26H,16-18H2,1-2H3. The number of rotatable bonds is 9. The Morgan fingerprint density at radius 3 is 2.03 bits per heavy atom. The molecule has 176 valence electrons. The monoisotopic (exact) mass is 461 g/mol. The Kier molecular flexibility index (Phi) is 7.44. The van der Waals surface area contributed by atoms with Crippen LogP contribution in [0.2, 0.25) is 0 Å². The summed E-state index contributed by atoms with van der Waals surface area (Å²) in [7, 11) is 1.34. The molecule has 2 atom stereocenters. The van der Waals surface area contributed by atoms with Crippen molar-refractivity contribution in [1.29, 1.82) is 0 Å². The summed E-state index contributed by atoms with van der Waals surface area (Å²) < 4.78 is 21.9. The second-order valence-electron chi connectivity index (χ2n) is 7.99. The van der Waals surface area contributed by atoms with E-state index in [4.69, 9.17) is 18.9 Å². The molecule has 1 aliphatic heterocycles. The highest BCUT2D eigenvalue weighted by Gasteiger charge is 2.39. The van der Waals surface area contributed by atoms with Gasteiger partial charge in [-0.15, -0.1) is 0 Å². The smallest absolute Gasteiger partial charge is 0.327 e. The molecule has 7 nitrogen and oxygen atoms in total. The Hall–Kier alpha value is -3.84. The van der Waals surface area contributed by atoms with Crippen molar-refractivity contribution in [3.8, 4) is 11.5 Å². The van der Waals surface area contributed by atoms with Crippen LogP contribution in [0.1, 0.15) is 29.7 Å². The second kappa shape index (κ2) is 10.9. The minimum Gasteiger partial charge on any atom is -0.468 e. The average Bonchev–Trinajstić information content (AvgIpc) is 3.32. The van der Waals surface area contributed by atoms with Gasteiger partial charge in [0.2, 0.25) is 6.79 Å². The summed E-state index contributed by atoms with van der Waals surface area (Å²) in [5, 5.41) is 0. The lowest BCUT2D eigenvalue weighted by molar-refractivity contribution is -0.162. The Labute approximate surface area is 198 Å². The molecule has 1 aliphatic rings. The van der Waals surface area contributed by atoms with Crippen LogP contribution < -0.4 is 9.47 Å². The lowest BCUT2D eigenvalue weighted by Crippen LogP contribution is -2.46. The van der Waals surface area contributed by atoms with Gasteiger partial charge in [-0.25, -0.2) is 0 Å². The van der Waals surface area contributed by atoms with Gasteiger partial charge in [0.05, 0.1) is 7.11 Å². The summed E-state index contributed by atoms with van der Waals surface area (Å²) >= 11 is 0. The van der Waals surface area contributed by atoms with Gasteiger partial charge in [0.1, 0.15) is 0 Å². The number of hydrogen-bond acceptors (Lipinski definition) is 7. The van der Waals surface area contributed by atoms with E-state index in [2.05, 4.69) is 0 Å². The van der Waals surface area contributed by atoms with Crippen molar-refractivity contribution in [3.63, 3.8) is 0 Å². The summed E-state index contributed by atoms with van der Waals surface area (Å²) in [5.41, 5.74) is 2.64. The zero-order chi connectivity index (χ0) is 23.9. The minimum absolute atomic E-state index is 0.117. The SMILES string of the molecule is COC(=O)C(C(OC(C)=O)c1ccc2c(c1)OCO2)N(Cc1ccccc1)Cc1ccccc1. The Morgan fingerprint density at radius 2 is 1.47 bits per heavy atom. The fourth-order valence-electron chi connectivity index (χ4n) is 4.06. The number of nitrogens with zero attached hydrogens (tertiary/aromatic N) is 1. The molecule has 0 saturated carbocycles. The topological polar surface area (TPSA) is 74.3 Å². The van der Waals surface area contributed by atoms with Gasteiger partial charge in [0.15, 0.2) is 23.6 Å². The third-order valence-corrected chi connectivity index (χ3v) is 5.60. The molecular weight excluding hydrogens is 434 g/mol. The Balaban J connectivity index is 1.77. The largest absolute Gasteiger partial charge is 0.468 e. The molecule has 0 amide bonds. The maximum Gasteiger partial charge on any atom is 0.327 e. The first-order chi connectivity index (χ1) is 16.5. The first-order valence-corrected chi connectivity index (χ1v) is 11.0. The van der Waals surface area contributed by atoms with Crippen molar-refractivity contribution in [1.82, 2.24) is 4.90 Å². The molecule has 7 heteroatoms. The first kappa shape index (κ1) is 23.3. The van der Waals surface area contributed by atoms with Gasteiger partial charge >= 0.3 is 11.9 Å². The van der Waals surface area contributed by atoms with Crippen LogP contribution in [0.3, 0.4) is 0 Å². The van der Waals surface area contributed by atoms with Crippen LogP contribution in [0, 0.1) is 0 Å². The van der Waals surface area contributed by atoms with E-state index in [9.17, 15) is 9.59 Å². The van der Waals surface area contributed by atoms with Crippen LogP contribution in [0.4, 0.5) is 0 Å². The van der Waals surface area contributed by atoms with Crippen molar-refractivity contribution in [2.45, 2.75) is 32.2 Å². The zero-order valence-corrected chi connectivity index (χ0v) is 19.2. The number of carbonyl (C=O) groups is 2. The van der Waals surface area contributed by atoms with E-state index in [1.807, 2.05) is 65.6 Å². The molecule has 0 aliphatic carbocycles. The molecule has 0 radical (unpaired) electrons. The summed E-state index contributed by atoms with van der Waals surface area (Å²) in [6.07, 6.45) is -0.924. The van der Waals surface area contributed by atoms with Crippen molar-refractivity contribution < 1.29 is 28.5 Å². The lowest BCUT2D eigenvalue weighted by Gasteiger charge is -2.35. The van der Waals surface area contributed by atoms with Crippen molar-refractivity contribution >= 4 is 11.9 Å². The van der Waals surface area contributed by atoms with Gasteiger partial charge in [-0.2, -0.15) is 0 Å². The summed E-state index contributed by atoms with van der Waals surface area (Å²) in [6, 6.07) is 24.0. The molecule has 2 unspecified atom stereocenters. The maximum atomic E-state index is 13.3. The molecule has 0 spiro atoms. The highest BCUT2D eigenvalue weighted by molar-refractivity contribution is 5.78. The molecule has 0 N–H and O–H groups in total. The number of esters is 2. The van der Waals surface area contributed by atoms with Crippen LogP contribution in [-0.4, -0.2) is 36.8 Å². The first-order valence-electron chi connectivity index (χ1n) is 11.0.